The standard InChI is InChI=1S/C23H19N3O4/c1-26-21(14-9-10-17-18(12-14)30-13-29-17)20(15-6-2-3-7-16(15)23(26)28)22(27)25-19-8-4-5-11-24-19/h2-12,20-21H,13H2,1H3,(H,24,25,27)/t20-,21+/m1/s1. The Kier molecular flexibility index (Phi) is 4.35. The molecule has 0 unspecified atom stereocenters. The number of carbonyl (C=O) groups is 2. The number of rotatable bonds is 3. The van der Waals surface area contributed by atoms with E-state index in [0.29, 0.717) is 28.4 Å². The number of benzene rings is 2. The van der Waals surface area contributed by atoms with Crippen molar-refractivity contribution < 1.29 is 19.1 Å². The van der Waals surface area contributed by atoms with E-state index in [0.717, 1.165) is 5.56 Å². The van der Waals surface area contributed by atoms with Gasteiger partial charge in [-0.25, -0.2) is 4.98 Å². The molecule has 0 fully saturated rings. The van der Waals surface area contributed by atoms with E-state index < -0.39 is 12.0 Å². The van der Waals surface area contributed by atoms with Gasteiger partial charge in [0.2, 0.25) is 12.7 Å². The van der Waals surface area contributed by atoms with Crippen LogP contribution in [-0.4, -0.2) is 35.5 Å². The van der Waals surface area contributed by atoms with Crippen molar-refractivity contribution in [1.82, 2.24) is 9.88 Å². The van der Waals surface area contributed by atoms with Crippen LogP contribution in [0.2, 0.25) is 0 Å². The van der Waals surface area contributed by atoms with E-state index >= 15 is 0 Å². The molecule has 7 heteroatoms. The summed E-state index contributed by atoms with van der Waals surface area (Å²) in [5, 5.41) is 2.90. The van der Waals surface area contributed by atoms with Gasteiger partial charge in [0.15, 0.2) is 11.5 Å². The first kappa shape index (κ1) is 18.2. The second kappa shape index (κ2) is 7.18. The van der Waals surface area contributed by atoms with Crippen LogP contribution < -0.4 is 14.8 Å². The highest BCUT2D eigenvalue weighted by molar-refractivity contribution is 6.04. The van der Waals surface area contributed by atoms with Crippen molar-refractivity contribution in [2.24, 2.45) is 0 Å². The Morgan fingerprint density at radius 1 is 1.07 bits per heavy atom. The number of amides is 2. The molecule has 0 aliphatic carbocycles. The summed E-state index contributed by atoms with van der Waals surface area (Å²) in [6.45, 7) is 0.157. The number of aromatic nitrogens is 1. The van der Waals surface area contributed by atoms with E-state index in [1.165, 1.54) is 0 Å². The lowest BCUT2D eigenvalue weighted by Gasteiger charge is -2.39. The SMILES string of the molecule is CN1C(=O)c2ccccc2[C@@H](C(=O)Nc2ccccn2)[C@@H]1c1ccc2c(c1)OCO2. The number of nitrogens with one attached hydrogen (secondary N) is 1. The van der Waals surface area contributed by atoms with Gasteiger partial charge in [0, 0.05) is 18.8 Å². The maximum Gasteiger partial charge on any atom is 0.254 e. The van der Waals surface area contributed by atoms with E-state index in [1.54, 1.807) is 42.4 Å². The molecule has 0 saturated heterocycles. The Morgan fingerprint density at radius 3 is 2.70 bits per heavy atom. The monoisotopic (exact) mass is 401 g/mol. The highest BCUT2D eigenvalue weighted by atomic mass is 16.7. The minimum Gasteiger partial charge on any atom is -0.454 e. The van der Waals surface area contributed by atoms with Crippen LogP contribution in [0.5, 0.6) is 11.5 Å². The fourth-order valence-corrected chi connectivity index (χ4v) is 4.11. The van der Waals surface area contributed by atoms with Crippen LogP contribution in [0.4, 0.5) is 5.82 Å². The molecule has 30 heavy (non-hydrogen) atoms. The molecule has 3 heterocycles. The lowest BCUT2D eigenvalue weighted by molar-refractivity contribution is -0.119. The number of likely N-dealkylation sites (N-methyl/N-ethyl adjacent to an activating group) is 1. The molecule has 0 spiro atoms. The van der Waals surface area contributed by atoms with Crippen molar-refractivity contribution in [1.29, 1.82) is 0 Å². The molecule has 0 saturated carbocycles. The van der Waals surface area contributed by atoms with Crippen LogP contribution in [0.25, 0.3) is 0 Å². The highest BCUT2D eigenvalue weighted by Gasteiger charge is 2.43. The third kappa shape index (κ3) is 2.95. The van der Waals surface area contributed by atoms with E-state index in [2.05, 4.69) is 10.3 Å². The van der Waals surface area contributed by atoms with Gasteiger partial charge in [-0.2, -0.15) is 0 Å². The maximum absolute atomic E-state index is 13.5. The first-order valence-corrected chi connectivity index (χ1v) is 9.61. The summed E-state index contributed by atoms with van der Waals surface area (Å²) in [5.41, 5.74) is 2.01. The van der Waals surface area contributed by atoms with Crippen molar-refractivity contribution >= 4 is 17.6 Å². The summed E-state index contributed by atoms with van der Waals surface area (Å²) >= 11 is 0. The van der Waals surface area contributed by atoms with Gasteiger partial charge < -0.3 is 19.7 Å². The van der Waals surface area contributed by atoms with Crippen molar-refractivity contribution in [3.63, 3.8) is 0 Å². The summed E-state index contributed by atoms with van der Waals surface area (Å²) in [6, 6.07) is 17.6. The molecule has 1 aromatic heterocycles. The zero-order valence-electron chi connectivity index (χ0n) is 16.2. The van der Waals surface area contributed by atoms with Gasteiger partial charge in [0.1, 0.15) is 5.82 Å². The van der Waals surface area contributed by atoms with Gasteiger partial charge in [0.05, 0.1) is 12.0 Å². The molecule has 2 aliphatic heterocycles. The zero-order valence-corrected chi connectivity index (χ0v) is 16.2. The number of hydrogen-bond donors (Lipinski definition) is 1. The number of anilines is 1. The minimum atomic E-state index is -0.619. The Hall–Kier alpha value is -3.87. The zero-order chi connectivity index (χ0) is 20.7. The largest absolute Gasteiger partial charge is 0.454 e. The topological polar surface area (TPSA) is 80.8 Å². The average molecular weight is 401 g/mol. The molecule has 0 radical (unpaired) electrons. The third-order valence-corrected chi connectivity index (χ3v) is 5.52. The Bertz CT molecular complexity index is 1130. The van der Waals surface area contributed by atoms with Crippen molar-refractivity contribution in [2.75, 3.05) is 19.2 Å². The van der Waals surface area contributed by atoms with Gasteiger partial charge in [-0.3, -0.25) is 9.59 Å². The van der Waals surface area contributed by atoms with Gasteiger partial charge in [-0.15, -0.1) is 0 Å². The quantitative estimate of drug-likeness (QED) is 0.728. The molecule has 5 rings (SSSR count). The van der Waals surface area contributed by atoms with Crippen molar-refractivity contribution in [2.45, 2.75) is 12.0 Å². The predicted molar refractivity (Wildman–Crippen MR) is 109 cm³/mol. The number of carbonyl (C=O) groups excluding carboxylic acids is 2. The number of fused-ring (bicyclic) bond motifs is 2. The van der Waals surface area contributed by atoms with Gasteiger partial charge in [0.25, 0.3) is 5.91 Å². The molecule has 2 aromatic carbocycles. The molecule has 2 atom stereocenters. The Morgan fingerprint density at radius 2 is 1.87 bits per heavy atom. The summed E-state index contributed by atoms with van der Waals surface area (Å²) in [6.07, 6.45) is 1.62. The molecule has 2 aliphatic rings. The molecule has 3 aromatic rings. The van der Waals surface area contributed by atoms with Crippen LogP contribution in [0.1, 0.15) is 33.4 Å². The lowest BCUT2D eigenvalue weighted by atomic mass is 9.79. The number of hydrogen-bond acceptors (Lipinski definition) is 5. The average Bonchev–Trinajstić information content (AvgIpc) is 3.24. The van der Waals surface area contributed by atoms with Gasteiger partial charge >= 0.3 is 0 Å². The van der Waals surface area contributed by atoms with Crippen molar-refractivity contribution in [3.8, 4) is 11.5 Å². The van der Waals surface area contributed by atoms with Gasteiger partial charge in [-0.05, 0) is 41.5 Å². The van der Waals surface area contributed by atoms with E-state index in [4.69, 9.17) is 9.47 Å². The highest BCUT2D eigenvalue weighted by Crippen LogP contribution is 2.45. The first-order valence-electron chi connectivity index (χ1n) is 9.61. The smallest absolute Gasteiger partial charge is 0.254 e. The molecule has 0 bridgehead atoms. The second-order valence-corrected chi connectivity index (χ2v) is 7.24. The summed E-state index contributed by atoms with van der Waals surface area (Å²) in [7, 11) is 1.72. The molecule has 1 N–H and O–H groups in total. The summed E-state index contributed by atoms with van der Waals surface area (Å²) < 4.78 is 10.9. The normalized spacial score (nSPS) is 19.4. The van der Waals surface area contributed by atoms with Crippen molar-refractivity contribution in [3.05, 3.63) is 83.6 Å². The third-order valence-electron chi connectivity index (χ3n) is 5.52. The maximum atomic E-state index is 13.5. The molecule has 7 nitrogen and oxygen atoms in total. The number of ether oxygens (including phenoxy) is 2. The van der Waals surface area contributed by atoms with Crippen LogP contribution in [-0.2, 0) is 4.79 Å². The summed E-state index contributed by atoms with van der Waals surface area (Å²) in [5.74, 6) is 0.739. The fourth-order valence-electron chi connectivity index (χ4n) is 4.11. The molecule has 150 valence electrons. The Labute approximate surface area is 173 Å². The van der Waals surface area contributed by atoms with E-state index in [9.17, 15) is 9.59 Å². The molecular weight excluding hydrogens is 382 g/mol. The Balaban J connectivity index is 1.61. The number of pyridine rings is 1. The van der Waals surface area contributed by atoms with Crippen LogP contribution >= 0.6 is 0 Å². The van der Waals surface area contributed by atoms with Crippen LogP contribution in [0.15, 0.2) is 66.9 Å². The van der Waals surface area contributed by atoms with Crippen LogP contribution in [0, 0.1) is 0 Å². The fraction of sp³-hybridized carbons (Fsp3) is 0.174. The number of nitrogens with zero attached hydrogens (tertiary/aromatic N) is 2. The van der Waals surface area contributed by atoms with Gasteiger partial charge in [-0.1, -0.05) is 30.3 Å². The minimum absolute atomic E-state index is 0.129. The first-order chi connectivity index (χ1) is 14.6. The molecule has 2 amide bonds. The summed E-state index contributed by atoms with van der Waals surface area (Å²) in [4.78, 5) is 32.4. The van der Waals surface area contributed by atoms with Crippen LogP contribution in [0.3, 0.4) is 0 Å². The second-order valence-electron chi connectivity index (χ2n) is 7.24. The lowest BCUT2D eigenvalue weighted by Crippen LogP contribution is -2.44. The molecular formula is C23H19N3O4. The van der Waals surface area contributed by atoms with E-state index in [1.807, 2.05) is 36.4 Å². The van der Waals surface area contributed by atoms with E-state index in [-0.39, 0.29) is 18.6 Å². The predicted octanol–water partition coefficient (Wildman–Crippen LogP) is 3.36.